The van der Waals surface area contributed by atoms with Crippen molar-refractivity contribution in [2.24, 2.45) is 0 Å². The van der Waals surface area contributed by atoms with Gasteiger partial charge in [-0.15, -0.1) is 0 Å². The topological polar surface area (TPSA) is 76.4 Å². The number of rotatable bonds is 3. The summed E-state index contributed by atoms with van der Waals surface area (Å²) in [6, 6.07) is 5.73. The highest BCUT2D eigenvalue weighted by atomic mass is 19.1. The van der Waals surface area contributed by atoms with Gasteiger partial charge in [0.25, 0.3) is 5.91 Å². The minimum atomic E-state index is -0.446. The second-order valence-corrected chi connectivity index (χ2v) is 5.98. The number of amides is 1. The molecule has 0 radical (unpaired) electrons. The average Bonchev–Trinajstić information content (AvgIpc) is 3.22. The van der Waals surface area contributed by atoms with E-state index in [1.165, 1.54) is 29.1 Å². The molecule has 6 nitrogen and oxygen atoms in total. The lowest BCUT2D eigenvalue weighted by Crippen LogP contribution is -2.41. The van der Waals surface area contributed by atoms with Crippen molar-refractivity contribution in [2.75, 3.05) is 0 Å². The van der Waals surface area contributed by atoms with Crippen molar-refractivity contribution in [3.05, 3.63) is 42.0 Å². The van der Waals surface area contributed by atoms with E-state index in [4.69, 9.17) is 4.74 Å². The number of fused-ring (bicyclic) bond motifs is 2. The van der Waals surface area contributed by atoms with Crippen molar-refractivity contribution >= 4 is 5.91 Å². The van der Waals surface area contributed by atoms with Crippen LogP contribution in [0.25, 0.3) is 5.69 Å². The molecule has 0 aliphatic carbocycles. The van der Waals surface area contributed by atoms with E-state index in [1.54, 1.807) is 6.07 Å². The third-order valence-electron chi connectivity index (χ3n) is 4.41. The molecule has 0 unspecified atom stereocenters. The maximum absolute atomic E-state index is 13.3. The molecule has 2 bridgehead atoms. The summed E-state index contributed by atoms with van der Waals surface area (Å²) in [6.07, 6.45) is 4.35. The van der Waals surface area contributed by atoms with Crippen LogP contribution in [0.2, 0.25) is 0 Å². The van der Waals surface area contributed by atoms with Crippen LogP contribution in [0.5, 0.6) is 5.75 Å². The van der Waals surface area contributed by atoms with Crippen LogP contribution in [0.1, 0.15) is 29.8 Å². The highest BCUT2D eigenvalue weighted by Gasteiger charge is 2.41. The van der Waals surface area contributed by atoms with Crippen LogP contribution in [-0.4, -0.2) is 39.0 Å². The molecule has 23 heavy (non-hydrogen) atoms. The van der Waals surface area contributed by atoms with Gasteiger partial charge in [0, 0.05) is 0 Å². The Labute approximate surface area is 131 Å². The van der Waals surface area contributed by atoms with E-state index in [-0.39, 0.29) is 29.7 Å². The molecule has 2 N–H and O–H groups in total. The quantitative estimate of drug-likeness (QED) is 0.904. The number of hydrogen-bond donors (Lipinski definition) is 2. The number of benzene rings is 1. The highest BCUT2D eigenvalue weighted by molar-refractivity contribution is 5.95. The fourth-order valence-electron chi connectivity index (χ4n) is 3.30. The largest absolute Gasteiger partial charge is 0.504 e. The Morgan fingerprint density at radius 2 is 2.30 bits per heavy atom. The van der Waals surface area contributed by atoms with Crippen LogP contribution in [-0.2, 0) is 4.74 Å². The Morgan fingerprint density at radius 3 is 3.00 bits per heavy atom. The van der Waals surface area contributed by atoms with Gasteiger partial charge in [-0.25, -0.2) is 9.07 Å². The van der Waals surface area contributed by atoms with Crippen molar-refractivity contribution in [3.8, 4) is 11.4 Å². The molecule has 1 aromatic carbocycles. The summed E-state index contributed by atoms with van der Waals surface area (Å²) in [4.78, 5) is 12.3. The van der Waals surface area contributed by atoms with Crippen molar-refractivity contribution in [3.63, 3.8) is 0 Å². The van der Waals surface area contributed by atoms with Gasteiger partial charge in [0.2, 0.25) is 0 Å². The van der Waals surface area contributed by atoms with Crippen LogP contribution in [0, 0.1) is 5.82 Å². The molecule has 3 atom stereocenters. The standard InChI is InChI=1S/C16H16FN3O3/c17-9-2-1-3-10(6-9)20-8-13(21)15(19-20)16(22)18-12-7-11-4-5-14(12)23-11/h1-3,6,8,11-12,14,21H,4-5,7H2,(H,18,22)/t11-,12-,14+/m1/s1. The van der Waals surface area contributed by atoms with Crippen molar-refractivity contribution in [1.29, 1.82) is 0 Å². The molecule has 0 saturated carbocycles. The van der Waals surface area contributed by atoms with E-state index in [9.17, 15) is 14.3 Å². The number of aromatic hydroxyl groups is 1. The summed E-state index contributed by atoms with van der Waals surface area (Å²) < 4.78 is 20.3. The zero-order chi connectivity index (χ0) is 16.0. The van der Waals surface area contributed by atoms with Gasteiger partial charge in [-0.1, -0.05) is 6.07 Å². The van der Waals surface area contributed by atoms with E-state index >= 15 is 0 Å². The molecule has 3 heterocycles. The second kappa shape index (κ2) is 5.34. The number of ether oxygens (including phenoxy) is 1. The van der Waals surface area contributed by atoms with Gasteiger partial charge in [0.1, 0.15) is 5.82 Å². The summed E-state index contributed by atoms with van der Waals surface area (Å²) in [5, 5.41) is 16.9. The Morgan fingerprint density at radius 1 is 1.43 bits per heavy atom. The first-order chi connectivity index (χ1) is 11.1. The number of nitrogens with one attached hydrogen (secondary N) is 1. The molecule has 4 rings (SSSR count). The van der Waals surface area contributed by atoms with Crippen molar-refractivity contribution in [1.82, 2.24) is 15.1 Å². The minimum Gasteiger partial charge on any atom is -0.504 e. The molecular formula is C16H16FN3O3. The molecular weight excluding hydrogens is 301 g/mol. The Balaban J connectivity index is 1.54. The molecule has 2 aromatic rings. The van der Waals surface area contributed by atoms with Gasteiger partial charge < -0.3 is 15.2 Å². The highest BCUT2D eigenvalue weighted by Crippen LogP contribution is 2.34. The number of aromatic nitrogens is 2. The van der Waals surface area contributed by atoms with Crippen molar-refractivity contribution < 1.29 is 19.0 Å². The third-order valence-corrected chi connectivity index (χ3v) is 4.41. The Kier molecular flexibility index (Phi) is 3.30. The van der Waals surface area contributed by atoms with Gasteiger partial charge in [0.05, 0.1) is 30.1 Å². The molecule has 2 saturated heterocycles. The normalized spacial score (nSPS) is 25.7. The van der Waals surface area contributed by atoms with Crippen LogP contribution < -0.4 is 5.32 Å². The number of halogens is 1. The van der Waals surface area contributed by atoms with E-state index in [2.05, 4.69) is 10.4 Å². The smallest absolute Gasteiger partial charge is 0.275 e. The predicted octanol–water partition coefficient (Wildman–Crippen LogP) is 1.77. The maximum Gasteiger partial charge on any atom is 0.275 e. The van der Waals surface area contributed by atoms with Gasteiger partial charge in [-0.2, -0.15) is 5.10 Å². The first-order valence-electron chi connectivity index (χ1n) is 7.61. The second-order valence-electron chi connectivity index (χ2n) is 5.98. The summed E-state index contributed by atoms with van der Waals surface area (Å²) in [5.41, 5.74) is 0.361. The molecule has 1 aromatic heterocycles. The van der Waals surface area contributed by atoms with Crippen molar-refractivity contribution in [2.45, 2.75) is 37.5 Å². The molecule has 2 aliphatic heterocycles. The lowest BCUT2D eigenvalue weighted by atomic mass is 9.95. The SMILES string of the molecule is O=C(N[C@@H]1C[C@H]2CC[C@@H]1O2)c1nn(-c2cccc(F)c2)cc1O. The first-order valence-corrected chi connectivity index (χ1v) is 7.61. The van der Waals surface area contributed by atoms with Gasteiger partial charge in [0.15, 0.2) is 11.4 Å². The fourth-order valence-corrected chi connectivity index (χ4v) is 3.30. The van der Waals surface area contributed by atoms with E-state index in [1.807, 2.05) is 0 Å². The Bertz CT molecular complexity index is 761. The van der Waals surface area contributed by atoms with E-state index in [0.29, 0.717) is 5.69 Å². The zero-order valence-corrected chi connectivity index (χ0v) is 12.3. The van der Waals surface area contributed by atoms with Gasteiger partial charge >= 0.3 is 0 Å². The zero-order valence-electron chi connectivity index (χ0n) is 12.3. The van der Waals surface area contributed by atoms with Crippen LogP contribution in [0.15, 0.2) is 30.5 Å². The van der Waals surface area contributed by atoms with Crippen LogP contribution in [0.4, 0.5) is 4.39 Å². The summed E-state index contributed by atoms with van der Waals surface area (Å²) in [6.45, 7) is 0. The summed E-state index contributed by atoms with van der Waals surface area (Å²) >= 11 is 0. The third kappa shape index (κ3) is 2.57. The molecule has 2 aliphatic rings. The van der Waals surface area contributed by atoms with E-state index < -0.39 is 11.7 Å². The van der Waals surface area contributed by atoms with Gasteiger partial charge in [-0.05, 0) is 37.5 Å². The average molecular weight is 317 g/mol. The van der Waals surface area contributed by atoms with E-state index in [0.717, 1.165) is 19.3 Å². The fraction of sp³-hybridized carbons (Fsp3) is 0.375. The number of nitrogens with zero attached hydrogens (tertiary/aromatic N) is 2. The first kappa shape index (κ1) is 14.2. The van der Waals surface area contributed by atoms with Crippen LogP contribution in [0.3, 0.4) is 0 Å². The predicted molar refractivity (Wildman–Crippen MR) is 79.0 cm³/mol. The molecule has 7 heteroatoms. The molecule has 2 fully saturated rings. The monoisotopic (exact) mass is 317 g/mol. The number of hydrogen-bond acceptors (Lipinski definition) is 4. The van der Waals surface area contributed by atoms with Crippen LogP contribution >= 0.6 is 0 Å². The number of carbonyl (C=O) groups is 1. The Hall–Kier alpha value is -2.41. The molecule has 1 amide bonds. The molecule has 120 valence electrons. The number of carbonyl (C=O) groups excluding carboxylic acids is 1. The lowest BCUT2D eigenvalue weighted by Gasteiger charge is -2.19. The molecule has 0 spiro atoms. The maximum atomic E-state index is 13.3. The van der Waals surface area contributed by atoms with Gasteiger partial charge in [-0.3, -0.25) is 4.79 Å². The minimum absolute atomic E-state index is 0.0417. The summed E-state index contributed by atoms with van der Waals surface area (Å²) in [5.74, 6) is -1.10. The lowest BCUT2D eigenvalue weighted by molar-refractivity contribution is 0.0835. The summed E-state index contributed by atoms with van der Waals surface area (Å²) in [7, 11) is 0.